The van der Waals surface area contributed by atoms with Crippen molar-refractivity contribution in [1.82, 2.24) is 10.2 Å². The van der Waals surface area contributed by atoms with E-state index in [2.05, 4.69) is 53.5 Å². The molecule has 0 bridgehead atoms. The van der Waals surface area contributed by atoms with Crippen molar-refractivity contribution in [3.8, 4) is 17.6 Å². The van der Waals surface area contributed by atoms with Crippen molar-refractivity contribution in [2.45, 2.75) is 44.8 Å². The molecule has 1 aromatic carbocycles. The highest BCUT2D eigenvalue weighted by Crippen LogP contribution is 2.26. The van der Waals surface area contributed by atoms with Crippen LogP contribution in [0.4, 0.5) is 0 Å². The minimum Gasteiger partial charge on any atom is -0.477 e. The highest BCUT2D eigenvalue weighted by molar-refractivity contribution is 5.74. The van der Waals surface area contributed by atoms with E-state index >= 15 is 0 Å². The summed E-state index contributed by atoms with van der Waals surface area (Å²) in [7, 11) is 0. The van der Waals surface area contributed by atoms with E-state index in [9.17, 15) is 0 Å². The summed E-state index contributed by atoms with van der Waals surface area (Å²) in [6, 6.07) is 3.59. The van der Waals surface area contributed by atoms with Crippen molar-refractivity contribution in [3.05, 3.63) is 64.9 Å². The number of allylic oxidation sites excluding steroid dienone is 3. The van der Waals surface area contributed by atoms with E-state index in [1.165, 1.54) is 6.39 Å². The van der Waals surface area contributed by atoms with Crippen LogP contribution in [0.25, 0.3) is 6.08 Å². The van der Waals surface area contributed by atoms with Crippen LogP contribution in [0, 0.1) is 11.8 Å². The number of hydrogen-bond acceptors (Lipinski definition) is 6. The molecule has 3 heterocycles. The van der Waals surface area contributed by atoms with E-state index in [-0.39, 0.29) is 0 Å². The molecule has 2 unspecified atom stereocenters. The van der Waals surface area contributed by atoms with Gasteiger partial charge in [-0.3, -0.25) is 9.98 Å². The van der Waals surface area contributed by atoms with Crippen LogP contribution in [0.5, 0.6) is 5.75 Å². The molecule has 0 aliphatic carbocycles. The molecule has 0 spiro atoms. The van der Waals surface area contributed by atoms with E-state index < -0.39 is 12.1 Å². The standard InChI is InChI=1S/C24H24N4O2/c1-4-17-7-5-9-21(25-12-10-17)23(24-28-27-15-29-24)30-19-13-18-8-6-11-26-22(18)20(14-19)16(2)3/h4,8,10,12-16,21,23H,1,6-7,11H2,2-3H3/b17-10-,25-12?. The average Bonchev–Trinajstić information content (AvgIpc) is 3.26. The van der Waals surface area contributed by atoms with Gasteiger partial charge >= 0.3 is 0 Å². The minimum absolute atomic E-state index is 0.320. The fraction of sp³-hybridized carbons (Fsp3) is 0.333. The Labute approximate surface area is 175 Å². The molecule has 2 atom stereocenters. The summed E-state index contributed by atoms with van der Waals surface area (Å²) in [6.07, 6.45) is 9.85. The van der Waals surface area contributed by atoms with Gasteiger partial charge < -0.3 is 9.15 Å². The first-order valence-corrected chi connectivity index (χ1v) is 10.1. The number of fused-ring (bicyclic) bond motifs is 1. The Hall–Kier alpha value is -3.46. The van der Waals surface area contributed by atoms with E-state index in [0.29, 0.717) is 18.2 Å². The maximum Gasteiger partial charge on any atom is 0.260 e. The van der Waals surface area contributed by atoms with E-state index in [4.69, 9.17) is 14.1 Å². The Morgan fingerprint density at radius 2 is 2.23 bits per heavy atom. The van der Waals surface area contributed by atoms with Crippen LogP contribution in [0.15, 0.2) is 57.2 Å². The van der Waals surface area contributed by atoms with Crippen molar-refractivity contribution in [2.24, 2.45) is 9.98 Å². The molecular formula is C24H24N4O2. The van der Waals surface area contributed by atoms with E-state index in [1.807, 2.05) is 18.2 Å². The number of nitrogens with zero attached hydrogens (tertiary/aromatic N) is 4. The second-order valence-corrected chi connectivity index (χ2v) is 7.48. The number of ether oxygens (including phenoxy) is 1. The van der Waals surface area contributed by atoms with Crippen LogP contribution in [0.3, 0.4) is 0 Å². The van der Waals surface area contributed by atoms with E-state index in [1.54, 1.807) is 12.3 Å². The number of benzene rings is 1. The predicted molar refractivity (Wildman–Crippen MR) is 116 cm³/mol. The number of aliphatic imine (C=N–C) groups is 1. The zero-order valence-corrected chi connectivity index (χ0v) is 17.2. The van der Waals surface area contributed by atoms with Gasteiger partial charge in [-0.25, -0.2) is 0 Å². The normalized spacial score (nSPS) is 20.2. The Morgan fingerprint density at radius 3 is 3.00 bits per heavy atom. The Morgan fingerprint density at radius 1 is 1.33 bits per heavy atom. The lowest BCUT2D eigenvalue weighted by molar-refractivity contribution is 0.159. The van der Waals surface area contributed by atoms with Gasteiger partial charge in [0, 0.05) is 19.2 Å². The molecule has 6 nitrogen and oxygen atoms in total. The molecule has 4 rings (SSSR count). The second kappa shape index (κ2) is 8.91. The smallest absolute Gasteiger partial charge is 0.260 e. The summed E-state index contributed by atoms with van der Waals surface area (Å²) < 4.78 is 11.9. The highest BCUT2D eigenvalue weighted by Gasteiger charge is 2.28. The fourth-order valence-electron chi connectivity index (χ4n) is 3.48. The first-order chi connectivity index (χ1) is 14.7. The van der Waals surface area contributed by atoms with Crippen molar-refractivity contribution in [2.75, 3.05) is 6.54 Å². The lowest BCUT2D eigenvalue weighted by Crippen LogP contribution is -2.33. The van der Waals surface area contributed by atoms with Gasteiger partial charge in [-0.1, -0.05) is 44.4 Å². The summed E-state index contributed by atoms with van der Waals surface area (Å²) in [5.41, 5.74) is 2.18. The Kier molecular flexibility index (Phi) is 5.89. The van der Waals surface area contributed by atoms with Crippen molar-refractivity contribution in [1.29, 1.82) is 0 Å². The molecule has 0 saturated heterocycles. The summed E-state index contributed by atoms with van der Waals surface area (Å²) in [5.74, 6) is 7.71. The molecule has 0 amide bonds. The molecule has 0 fully saturated rings. The van der Waals surface area contributed by atoms with Crippen LogP contribution >= 0.6 is 0 Å². The third kappa shape index (κ3) is 4.25. The summed E-state index contributed by atoms with van der Waals surface area (Å²) in [6.45, 7) is 8.94. The second-order valence-electron chi connectivity index (χ2n) is 7.48. The first kappa shape index (κ1) is 19.8. The maximum atomic E-state index is 6.39. The molecule has 152 valence electrons. The van der Waals surface area contributed by atoms with Crippen molar-refractivity contribution >= 4 is 12.3 Å². The topological polar surface area (TPSA) is 72.9 Å². The summed E-state index contributed by atoms with van der Waals surface area (Å²) >= 11 is 0. The van der Waals surface area contributed by atoms with Gasteiger partial charge in [0.2, 0.25) is 12.5 Å². The highest BCUT2D eigenvalue weighted by atomic mass is 16.5. The quantitative estimate of drug-likeness (QED) is 0.699. The SMILES string of the molecule is C=C/C1=C/C=NC(C(Oc2cc(C(C)C)c3c(c2)=CCCN=3)c2nnco2)C#CC1. The van der Waals surface area contributed by atoms with Crippen LogP contribution in [-0.4, -0.2) is 29.0 Å². The zero-order valence-electron chi connectivity index (χ0n) is 17.2. The largest absolute Gasteiger partial charge is 0.477 e. The van der Waals surface area contributed by atoms with E-state index in [0.717, 1.165) is 40.4 Å². The van der Waals surface area contributed by atoms with Crippen molar-refractivity contribution < 1.29 is 9.15 Å². The molecule has 2 aliphatic heterocycles. The minimum atomic E-state index is -0.617. The average molecular weight is 400 g/mol. The molecule has 0 saturated carbocycles. The van der Waals surface area contributed by atoms with Gasteiger partial charge in [-0.15, -0.1) is 10.2 Å². The molecule has 0 N–H and O–H groups in total. The number of hydrogen-bond donors (Lipinski definition) is 0. The molecule has 2 aliphatic rings. The number of aromatic nitrogens is 2. The van der Waals surface area contributed by atoms with Gasteiger partial charge in [-0.2, -0.15) is 0 Å². The molecule has 6 heteroatoms. The van der Waals surface area contributed by atoms with Gasteiger partial charge in [0.1, 0.15) is 5.75 Å². The maximum absolute atomic E-state index is 6.39. The zero-order chi connectivity index (χ0) is 20.9. The Balaban J connectivity index is 1.73. The van der Waals surface area contributed by atoms with Gasteiger partial charge in [0.25, 0.3) is 5.89 Å². The number of rotatable bonds is 6. The van der Waals surface area contributed by atoms with Crippen LogP contribution in [-0.2, 0) is 0 Å². The molecule has 1 aromatic heterocycles. The first-order valence-electron chi connectivity index (χ1n) is 10.1. The molecule has 0 radical (unpaired) electrons. The summed E-state index contributed by atoms with van der Waals surface area (Å²) in [4.78, 5) is 9.30. The third-order valence-corrected chi connectivity index (χ3v) is 5.04. The van der Waals surface area contributed by atoms with Crippen LogP contribution in [0.1, 0.15) is 50.2 Å². The third-order valence-electron chi connectivity index (χ3n) is 5.04. The lowest BCUT2D eigenvalue weighted by atomic mass is 9.99. The van der Waals surface area contributed by atoms with Crippen LogP contribution < -0.4 is 15.3 Å². The fourth-order valence-corrected chi connectivity index (χ4v) is 3.48. The molecular weight excluding hydrogens is 376 g/mol. The Bertz CT molecular complexity index is 1160. The molecule has 30 heavy (non-hydrogen) atoms. The van der Waals surface area contributed by atoms with Gasteiger partial charge in [-0.05, 0) is 46.9 Å². The van der Waals surface area contributed by atoms with Gasteiger partial charge in [0.05, 0.1) is 5.36 Å². The lowest BCUT2D eigenvalue weighted by Gasteiger charge is -2.21. The summed E-state index contributed by atoms with van der Waals surface area (Å²) in [5, 5.41) is 10.1. The van der Waals surface area contributed by atoms with Gasteiger partial charge in [0.15, 0.2) is 6.04 Å². The van der Waals surface area contributed by atoms with Crippen molar-refractivity contribution in [3.63, 3.8) is 0 Å². The predicted octanol–water partition coefficient (Wildman–Crippen LogP) is 3.08. The van der Waals surface area contributed by atoms with Crippen LogP contribution in [0.2, 0.25) is 0 Å². The molecule has 2 aromatic rings. The monoisotopic (exact) mass is 400 g/mol.